The van der Waals surface area contributed by atoms with Gasteiger partial charge in [0.25, 0.3) is 0 Å². The van der Waals surface area contributed by atoms with E-state index >= 15 is 0 Å². The molecule has 106 valence electrons. The zero-order valence-electron chi connectivity index (χ0n) is 11.4. The van der Waals surface area contributed by atoms with E-state index in [1.54, 1.807) is 11.8 Å². The maximum absolute atomic E-state index is 9.03. The number of rotatable bonds is 4. The van der Waals surface area contributed by atoms with Crippen molar-refractivity contribution in [3.8, 4) is 0 Å². The molecule has 0 atom stereocenters. The van der Waals surface area contributed by atoms with Gasteiger partial charge in [0, 0.05) is 10.3 Å². The molecule has 1 aromatic heterocycles. The van der Waals surface area contributed by atoms with Gasteiger partial charge in [0.05, 0.1) is 17.9 Å². The third-order valence-corrected chi connectivity index (χ3v) is 4.16. The first kappa shape index (κ1) is 13.9. The smallest absolute Gasteiger partial charge is 0.141 e. The lowest BCUT2D eigenvalue weighted by Gasteiger charge is -2.05. The highest BCUT2D eigenvalue weighted by atomic mass is 32.2. The molecule has 0 aliphatic rings. The van der Waals surface area contributed by atoms with E-state index in [1.807, 2.05) is 48.5 Å². The number of aromatic nitrogens is 2. The predicted molar refractivity (Wildman–Crippen MR) is 85.9 cm³/mol. The molecule has 0 saturated carbocycles. The number of nitrogen functional groups attached to an aromatic ring is 1. The summed E-state index contributed by atoms with van der Waals surface area (Å²) >= 11 is 1.65. The van der Waals surface area contributed by atoms with Crippen LogP contribution in [0.5, 0.6) is 0 Å². The fourth-order valence-electron chi connectivity index (χ4n) is 2.05. The van der Waals surface area contributed by atoms with Gasteiger partial charge in [0.15, 0.2) is 0 Å². The average Bonchev–Trinajstić information content (AvgIpc) is 2.53. The van der Waals surface area contributed by atoms with E-state index in [2.05, 4.69) is 9.97 Å². The number of hydrogen-bond acceptors (Lipinski definition) is 5. The number of nitrogens with two attached hydrogens (primary N) is 1. The zero-order chi connectivity index (χ0) is 14.7. The van der Waals surface area contributed by atoms with Crippen LogP contribution in [0.25, 0.3) is 10.9 Å². The molecule has 0 saturated heterocycles. The normalized spacial score (nSPS) is 10.9. The molecule has 0 unspecified atom stereocenters. The van der Waals surface area contributed by atoms with Gasteiger partial charge in [-0.05, 0) is 29.8 Å². The van der Waals surface area contributed by atoms with Gasteiger partial charge in [-0.15, -0.1) is 11.8 Å². The first-order valence-electron chi connectivity index (χ1n) is 6.60. The van der Waals surface area contributed by atoms with E-state index in [0.29, 0.717) is 11.6 Å². The Bertz CT molecular complexity index is 759. The zero-order valence-corrected chi connectivity index (χ0v) is 12.2. The summed E-state index contributed by atoms with van der Waals surface area (Å²) in [6.07, 6.45) is 0. The second kappa shape index (κ2) is 6.11. The van der Waals surface area contributed by atoms with Crippen molar-refractivity contribution >= 4 is 28.5 Å². The lowest BCUT2D eigenvalue weighted by atomic mass is 10.2. The van der Waals surface area contributed by atoms with Crippen molar-refractivity contribution in [2.45, 2.75) is 17.3 Å². The molecule has 2 aromatic carbocycles. The van der Waals surface area contributed by atoms with Crippen LogP contribution in [0, 0.1) is 0 Å². The predicted octanol–water partition coefficient (Wildman–Crippen LogP) is 3.00. The molecule has 0 aliphatic heterocycles. The summed E-state index contributed by atoms with van der Waals surface area (Å²) in [6, 6.07) is 15.5. The Hall–Kier alpha value is -2.11. The number of nitrogens with zero attached hydrogens (tertiary/aromatic N) is 2. The molecule has 0 spiro atoms. The van der Waals surface area contributed by atoms with Gasteiger partial charge in [0.2, 0.25) is 0 Å². The summed E-state index contributed by atoms with van der Waals surface area (Å²) in [5, 5.41) is 9.91. The van der Waals surface area contributed by atoms with E-state index in [0.717, 1.165) is 27.2 Å². The van der Waals surface area contributed by atoms with Crippen molar-refractivity contribution in [3.05, 3.63) is 59.9 Å². The molecule has 4 nitrogen and oxygen atoms in total. The van der Waals surface area contributed by atoms with Crippen LogP contribution in [0.15, 0.2) is 53.4 Å². The molecule has 3 N–H and O–H groups in total. The molecule has 3 aromatic rings. The van der Waals surface area contributed by atoms with Crippen LogP contribution < -0.4 is 5.73 Å². The lowest BCUT2D eigenvalue weighted by molar-refractivity contribution is 0.282. The minimum Gasteiger partial charge on any atom is -0.392 e. The monoisotopic (exact) mass is 297 g/mol. The van der Waals surface area contributed by atoms with Gasteiger partial charge in [0.1, 0.15) is 11.6 Å². The van der Waals surface area contributed by atoms with Crippen LogP contribution in [0.4, 0.5) is 5.82 Å². The first-order valence-corrected chi connectivity index (χ1v) is 7.58. The van der Waals surface area contributed by atoms with Gasteiger partial charge < -0.3 is 10.8 Å². The van der Waals surface area contributed by atoms with Crippen molar-refractivity contribution in [1.82, 2.24) is 9.97 Å². The highest BCUT2D eigenvalue weighted by Gasteiger charge is 2.05. The van der Waals surface area contributed by atoms with Gasteiger partial charge in [-0.1, -0.05) is 24.3 Å². The number of para-hydroxylation sites is 1. The number of aliphatic hydroxyl groups excluding tert-OH is 1. The molecule has 0 fully saturated rings. The second-order valence-electron chi connectivity index (χ2n) is 4.63. The van der Waals surface area contributed by atoms with Gasteiger partial charge in [-0.25, -0.2) is 9.97 Å². The summed E-state index contributed by atoms with van der Waals surface area (Å²) < 4.78 is 0. The number of hydrogen-bond donors (Lipinski definition) is 2. The molecule has 0 radical (unpaired) electrons. The summed E-state index contributed by atoms with van der Waals surface area (Å²) in [5.74, 6) is 1.90. The summed E-state index contributed by atoms with van der Waals surface area (Å²) in [6.45, 7) is 0.0647. The lowest BCUT2D eigenvalue weighted by Crippen LogP contribution is -1.99. The number of thioether (sulfide) groups is 1. The van der Waals surface area contributed by atoms with Gasteiger partial charge in [-0.3, -0.25) is 0 Å². The SMILES string of the molecule is Nc1nc(CSc2ccc(CO)cc2)nc2ccccc12. The van der Waals surface area contributed by atoms with Crippen LogP contribution in [0.1, 0.15) is 11.4 Å². The number of aliphatic hydroxyl groups is 1. The van der Waals surface area contributed by atoms with Crippen molar-refractivity contribution in [3.63, 3.8) is 0 Å². The van der Waals surface area contributed by atoms with E-state index in [4.69, 9.17) is 10.8 Å². The Morgan fingerprint density at radius 3 is 2.52 bits per heavy atom. The minimum atomic E-state index is 0.0647. The molecule has 1 heterocycles. The third kappa shape index (κ3) is 3.15. The minimum absolute atomic E-state index is 0.0647. The molecular weight excluding hydrogens is 282 g/mol. The Labute approximate surface area is 127 Å². The quantitative estimate of drug-likeness (QED) is 0.724. The van der Waals surface area contributed by atoms with Crippen LogP contribution in [0.3, 0.4) is 0 Å². The summed E-state index contributed by atoms with van der Waals surface area (Å²) in [5.41, 5.74) is 7.76. The molecule has 5 heteroatoms. The number of anilines is 1. The van der Waals surface area contributed by atoms with E-state index in [9.17, 15) is 0 Å². The first-order chi connectivity index (χ1) is 10.3. The third-order valence-electron chi connectivity index (χ3n) is 3.15. The summed E-state index contributed by atoms with van der Waals surface area (Å²) in [7, 11) is 0. The molecule has 0 bridgehead atoms. The topological polar surface area (TPSA) is 72.0 Å². The van der Waals surface area contributed by atoms with Crippen LogP contribution >= 0.6 is 11.8 Å². The van der Waals surface area contributed by atoms with Crippen LogP contribution in [-0.2, 0) is 12.4 Å². The largest absolute Gasteiger partial charge is 0.392 e. The maximum Gasteiger partial charge on any atom is 0.141 e. The van der Waals surface area contributed by atoms with E-state index in [1.165, 1.54) is 0 Å². The van der Waals surface area contributed by atoms with Crippen molar-refractivity contribution in [1.29, 1.82) is 0 Å². The van der Waals surface area contributed by atoms with Crippen LogP contribution in [-0.4, -0.2) is 15.1 Å². The van der Waals surface area contributed by atoms with E-state index in [-0.39, 0.29) is 6.61 Å². The van der Waals surface area contributed by atoms with Gasteiger partial charge >= 0.3 is 0 Å². The average molecular weight is 297 g/mol. The van der Waals surface area contributed by atoms with E-state index < -0.39 is 0 Å². The Kier molecular flexibility index (Phi) is 4.03. The Morgan fingerprint density at radius 1 is 1.00 bits per heavy atom. The van der Waals surface area contributed by atoms with Crippen molar-refractivity contribution < 1.29 is 5.11 Å². The second-order valence-corrected chi connectivity index (χ2v) is 5.68. The van der Waals surface area contributed by atoms with Crippen LogP contribution in [0.2, 0.25) is 0 Å². The molecule has 3 rings (SSSR count). The van der Waals surface area contributed by atoms with Crippen molar-refractivity contribution in [2.75, 3.05) is 5.73 Å². The molecule has 0 aliphatic carbocycles. The summed E-state index contributed by atoms with van der Waals surface area (Å²) in [4.78, 5) is 10.0. The number of fused-ring (bicyclic) bond motifs is 1. The highest BCUT2D eigenvalue weighted by Crippen LogP contribution is 2.24. The fraction of sp³-hybridized carbons (Fsp3) is 0.125. The van der Waals surface area contributed by atoms with Gasteiger partial charge in [-0.2, -0.15) is 0 Å². The Morgan fingerprint density at radius 2 is 1.76 bits per heavy atom. The standard InChI is InChI=1S/C16H15N3OS/c17-16-13-3-1-2-4-14(13)18-15(19-16)10-21-12-7-5-11(9-20)6-8-12/h1-8,20H,9-10H2,(H2,17,18,19). The molecule has 21 heavy (non-hydrogen) atoms. The van der Waals surface area contributed by atoms with Crippen molar-refractivity contribution in [2.24, 2.45) is 0 Å². The number of benzene rings is 2. The molecule has 0 amide bonds. The maximum atomic E-state index is 9.03. The Balaban J connectivity index is 1.78. The fourth-order valence-corrected chi connectivity index (χ4v) is 2.81. The highest BCUT2D eigenvalue weighted by molar-refractivity contribution is 7.98. The molecular formula is C16H15N3OS.